The summed E-state index contributed by atoms with van der Waals surface area (Å²) < 4.78 is 9.05. The van der Waals surface area contributed by atoms with Gasteiger partial charge in [-0.1, -0.05) is 6.92 Å². The first-order valence-electron chi connectivity index (χ1n) is 4.66. The van der Waals surface area contributed by atoms with Crippen LogP contribution in [-0.4, -0.2) is 32.4 Å². The van der Waals surface area contributed by atoms with E-state index in [0.717, 1.165) is 0 Å². The maximum atomic E-state index is 11.2. The zero-order valence-electron chi connectivity index (χ0n) is 9.19. The zero-order chi connectivity index (χ0) is 11.8. The second kappa shape index (κ2) is 6.98. The lowest BCUT2D eigenvalue weighted by Crippen LogP contribution is -2.23. The number of aldehydes is 1. The Bertz CT molecular complexity index is 236. The van der Waals surface area contributed by atoms with Gasteiger partial charge in [0.1, 0.15) is 6.29 Å². The maximum Gasteiger partial charge on any atom is 0.309 e. The highest BCUT2D eigenvalue weighted by Gasteiger charge is 2.25. The average Bonchev–Trinajstić information content (AvgIpc) is 2.26. The van der Waals surface area contributed by atoms with Gasteiger partial charge in [0.15, 0.2) is 0 Å². The number of hydrogen-bond donors (Lipinski definition) is 0. The summed E-state index contributed by atoms with van der Waals surface area (Å²) in [5, 5.41) is 0. The summed E-state index contributed by atoms with van der Waals surface area (Å²) in [5.74, 6) is -1.85. The fraction of sp³-hybridized carbons (Fsp3) is 0.700. The van der Waals surface area contributed by atoms with Crippen molar-refractivity contribution in [2.75, 3.05) is 14.2 Å². The highest BCUT2D eigenvalue weighted by molar-refractivity contribution is 5.77. The van der Waals surface area contributed by atoms with Gasteiger partial charge in [-0.15, -0.1) is 0 Å². The number of hydrogen-bond acceptors (Lipinski definition) is 5. The lowest BCUT2D eigenvalue weighted by molar-refractivity contribution is -0.150. The standard InChI is InChI=1S/C10H16O5/c1-7(9(12)14-2)6-8(4-5-11)10(13)15-3/h5,7-8H,4,6H2,1-3H3. The Labute approximate surface area is 88.7 Å². The van der Waals surface area contributed by atoms with Crippen LogP contribution >= 0.6 is 0 Å². The molecule has 0 rings (SSSR count). The molecule has 0 amide bonds. The number of carbonyl (C=O) groups is 3. The Morgan fingerprint density at radius 1 is 1.20 bits per heavy atom. The molecule has 0 radical (unpaired) electrons. The van der Waals surface area contributed by atoms with Gasteiger partial charge in [0.25, 0.3) is 0 Å². The highest BCUT2D eigenvalue weighted by atomic mass is 16.5. The first-order valence-corrected chi connectivity index (χ1v) is 4.66. The predicted molar refractivity (Wildman–Crippen MR) is 52.0 cm³/mol. The van der Waals surface area contributed by atoms with Crippen molar-refractivity contribution in [1.82, 2.24) is 0 Å². The molecule has 5 heteroatoms. The Morgan fingerprint density at radius 2 is 1.73 bits per heavy atom. The second-order valence-electron chi connectivity index (χ2n) is 3.28. The Hall–Kier alpha value is -1.39. The van der Waals surface area contributed by atoms with E-state index in [1.807, 2.05) is 0 Å². The second-order valence-corrected chi connectivity index (χ2v) is 3.28. The molecule has 0 bridgehead atoms. The highest BCUT2D eigenvalue weighted by Crippen LogP contribution is 2.17. The van der Waals surface area contributed by atoms with Crippen molar-refractivity contribution >= 4 is 18.2 Å². The largest absolute Gasteiger partial charge is 0.469 e. The Kier molecular flexibility index (Phi) is 6.33. The molecule has 0 fully saturated rings. The molecule has 0 aromatic carbocycles. The molecule has 0 heterocycles. The minimum absolute atomic E-state index is 0.0635. The van der Waals surface area contributed by atoms with Crippen molar-refractivity contribution in [2.45, 2.75) is 19.8 Å². The number of esters is 2. The van der Waals surface area contributed by atoms with E-state index in [-0.39, 0.29) is 12.8 Å². The molecular weight excluding hydrogens is 200 g/mol. The van der Waals surface area contributed by atoms with Gasteiger partial charge in [-0.25, -0.2) is 0 Å². The van der Waals surface area contributed by atoms with Crippen LogP contribution < -0.4 is 0 Å². The first-order chi connectivity index (χ1) is 7.06. The summed E-state index contributed by atoms with van der Waals surface area (Å²) in [6.45, 7) is 1.65. The third-order valence-electron chi connectivity index (χ3n) is 2.16. The summed E-state index contributed by atoms with van der Waals surface area (Å²) in [5.41, 5.74) is 0. The molecule has 0 aromatic heterocycles. The SMILES string of the molecule is COC(=O)C(C)CC(CC=O)C(=O)OC. The van der Waals surface area contributed by atoms with E-state index in [9.17, 15) is 14.4 Å². The van der Waals surface area contributed by atoms with Gasteiger partial charge in [0.05, 0.1) is 26.1 Å². The van der Waals surface area contributed by atoms with Crippen LogP contribution in [-0.2, 0) is 23.9 Å². The monoisotopic (exact) mass is 216 g/mol. The fourth-order valence-corrected chi connectivity index (χ4v) is 1.30. The summed E-state index contributed by atoms with van der Waals surface area (Å²) >= 11 is 0. The van der Waals surface area contributed by atoms with Crippen LogP contribution in [0.15, 0.2) is 0 Å². The van der Waals surface area contributed by atoms with E-state index in [4.69, 9.17) is 0 Å². The van der Waals surface area contributed by atoms with Crippen molar-refractivity contribution in [3.8, 4) is 0 Å². The van der Waals surface area contributed by atoms with Gasteiger partial charge in [-0.05, 0) is 6.42 Å². The molecule has 0 saturated heterocycles. The quantitative estimate of drug-likeness (QED) is 0.479. The molecule has 2 unspecified atom stereocenters. The first kappa shape index (κ1) is 13.6. The van der Waals surface area contributed by atoms with E-state index in [1.54, 1.807) is 6.92 Å². The summed E-state index contributed by atoms with van der Waals surface area (Å²) in [7, 11) is 2.54. The third kappa shape index (κ3) is 4.58. The van der Waals surface area contributed by atoms with Gasteiger partial charge in [0.2, 0.25) is 0 Å². The molecule has 0 aliphatic heterocycles. The van der Waals surface area contributed by atoms with E-state index in [1.165, 1.54) is 14.2 Å². The van der Waals surface area contributed by atoms with Gasteiger partial charge < -0.3 is 14.3 Å². The fourth-order valence-electron chi connectivity index (χ4n) is 1.30. The van der Waals surface area contributed by atoms with Gasteiger partial charge >= 0.3 is 11.9 Å². The number of ether oxygens (including phenoxy) is 2. The van der Waals surface area contributed by atoms with Crippen LogP contribution in [0, 0.1) is 11.8 Å². The van der Waals surface area contributed by atoms with Crippen LogP contribution in [0.25, 0.3) is 0 Å². The average molecular weight is 216 g/mol. The molecule has 5 nitrogen and oxygen atoms in total. The molecular formula is C10H16O5. The minimum Gasteiger partial charge on any atom is -0.469 e. The summed E-state index contributed by atoms with van der Waals surface area (Å²) in [6, 6.07) is 0. The molecule has 0 aromatic rings. The van der Waals surface area contributed by atoms with Crippen LogP contribution in [0.2, 0.25) is 0 Å². The minimum atomic E-state index is -0.568. The molecule has 0 aliphatic rings. The molecule has 86 valence electrons. The van der Waals surface area contributed by atoms with E-state index in [0.29, 0.717) is 6.29 Å². The maximum absolute atomic E-state index is 11.2. The van der Waals surface area contributed by atoms with Gasteiger partial charge in [-0.2, -0.15) is 0 Å². The van der Waals surface area contributed by atoms with Crippen LogP contribution in [0.3, 0.4) is 0 Å². The van der Waals surface area contributed by atoms with Crippen molar-refractivity contribution in [2.24, 2.45) is 11.8 Å². The third-order valence-corrected chi connectivity index (χ3v) is 2.16. The predicted octanol–water partition coefficient (Wildman–Crippen LogP) is 0.564. The number of methoxy groups -OCH3 is 2. The molecule has 15 heavy (non-hydrogen) atoms. The molecule has 0 saturated carbocycles. The van der Waals surface area contributed by atoms with E-state index < -0.39 is 23.8 Å². The molecule has 2 atom stereocenters. The summed E-state index contributed by atoms with van der Waals surface area (Å²) in [6.07, 6.45) is 0.970. The summed E-state index contributed by atoms with van der Waals surface area (Å²) in [4.78, 5) is 32.6. The van der Waals surface area contributed by atoms with E-state index in [2.05, 4.69) is 9.47 Å². The Morgan fingerprint density at radius 3 is 2.13 bits per heavy atom. The topological polar surface area (TPSA) is 69.7 Å². The molecule has 0 spiro atoms. The number of carbonyl (C=O) groups excluding carboxylic acids is 3. The normalized spacial score (nSPS) is 13.8. The number of rotatable bonds is 6. The van der Waals surface area contributed by atoms with Gasteiger partial charge in [0, 0.05) is 6.42 Å². The van der Waals surface area contributed by atoms with Crippen molar-refractivity contribution < 1.29 is 23.9 Å². The van der Waals surface area contributed by atoms with Gasteiger partial charge in [-0.3, -0.25) is 9.59 Å². The van der Waals surface area contributed by atoms with Crippen molar-refractivity contribution in [3.63, 3.8) is 0 Å². The lowest BCUT2D eigenvalue weighted by Gasteiger charge is -2.15. The molecule has 0 aliphatic carbocycles. The Balaban J connectivity index is 4.33. The van der Waals surface area contributed by atoms with Crippen LogP contribution in [0.4, 0.5) is 0 Å². The lowest BCUT2D eigenvalue weighted by atomic mass is 9.93. The van der Waals surface area contributed by atoms with Crippen molar-refractivity contribution in [3.05, 3.63) is 0 Å². The smallest absolute Gasteiger partial charge is 0.309 e. The van der Waals surface area contributed by atoms with Crippen LogP contribution in [0.5, 0.6) is 0 Å². The molecule has 0 N–H and O–H groups in total. The van der Waals surface area contributed by atoms with Crippen molar-refractivity contribution in [1.29, 1.82) is 0 Å². The van der Waals surface area contributed by atoms with Crippen LogP contribution in [0.1, 0.15) is 19.8 Å². The van der Waals surface area contributed by atoms with E-state index >= 15 is 0 Å². The zero-order valence-corrected chi connectivity index (χ0v) is 9.19.